The highest BCUT2D eigenvalue weighted by Gasteiger charge is 2.38. The number of aromatic nitrogens is 1. The van der Waals surface area contributed by atoms with Gasteiger partial charge in [0.05, 0.1) is 11.0 Å². The predicted octanol–water partition coefficient (Wildman–Crippen LogP) is 9.99. The fourth-order valence-electron chi connectivity index (χ4n) is 7.59. The van der Waals surface area contributed by atoms with Crippen molar-refractivity contribution in [1.29, 1.82) is 0 Å². The summed E-state index contributed by atoms with van der Waals surface area (Å²) in [6, 6.07) is 42.8. The Morgan fingerprint density at radius 2 is 1.29 bits per heavy atom. The maximum Gasteiger partial charge on any atom is 0.0626 e. The Balaban J connectivity index is 1.64. The van der Waals surface area contributed by atoms with Crippen molar-refractivity contribution < 1.29 is 0 Å². The number of benzene rings is 7. The van der Waals surface area contributed by atoms with E-state index >= 15 is 0 Å². The summed E-state index contributed by atoms with van der Waals surface area (Å²) in [7, 11) is 0. The molecule has 0 amide bonds. The molecule has 178 valence electrons. The highest BCUT2D eigenvalue weighted by atomic mass is 15.0. The summed E-state index contributed by atoms with van der Waals surface area (Å²) in [5.41, 5.74) is 9.33. The van der Waals surface area contributed by atoms with E-state index in [1.54, 1.807) is 0 Å². The first kappa shape index (κ1) is 20.4. The van der Waals surface area contributed by atoms with Crippen LogP contribution in [0.25, 0.3) is 70.9 Å². The van der Waals surface area contributed by atoms with Gasteiger partial charge in [0.1, 0.15) is 0 Å². The standard InChI is InChI=1S/C37H25N/c1-37(2)30-17-8-6-14-24(30)28-21-29-33-27(35(28)37)20-19-22-11-10-16-26(32(22)33)34-25-15-7-9-18-31(25)38(36(29)34)23-12-4-3-5-13-23/h3-21H,1-2H3. The topological polar surface area (TPSA) is 4.93 Å². The molecule has 1 heteroatoms. The molecular weight excluding hydrogens is 458 g/mol. The van der Waals surface area contributed by atoms with Gasteiger partial charge in [0, 0.05) is 27.3 Å². The third kappa shape index (κ3) is 2.29. The number of rotatable bonds is 1. The van der Waals surface area contributed by atoms with Gasteiger partial charge < -0.3 is 4.57 Å². The molecule has 0 aliphatic heterocycles. The van der Waals surface area contributed by atoms with Gasteiger partial charge in [0.2, 0.25) is 0 Å². The monoisotopic (exact) mass is 483 g/mol. The van der Waals surface area contributed by atoms with Crippen molar-refractivity contribution in [2.75, 3.05) is 0 Å². The van der Waals surface area contributed by atoms with E-state index in [1.807, 2.05) is 0 Å². The average Bonchev–Trinajstić information content (AvgIpc) is 3.42. The van der Waals surface area contributed by atoms with Crippen molar-refractivity contribution in [3.63, 3.8) is 0 Å². The van der Waals surface area contributed by atoms with Crippen molar-refractivity contribution in [3.8, 4) is 16.8 Å². The van der Waals surface area contributed by atoms with Crippen molar-refractivity contribution in [3.05, 3.63) is 126 Å². The van der Waals surface area contributed by atoms with Gasteiger partial charge in [-0.3, -0.25) is 0 Å². The van der Waals surface area contributed by atoms with E-state index in [2.05, 4.69) is 134 Å². The molecule has 0 spiro atoms. The normalized spacial score (nSPS) is 14.3. The summed E-state index contributed by atoms with van der Waals surface area (Å²) in [5, 5.41) is 10.8. The minimum atomic E-state index is -0.0561. The molecule has 8 aromatic rings. The summed E-state index contributed by atoms with van der Waals surface area (Å²) in [6.07, 6.45) is 0. The summed E-state index contributed by atoms with van der Waals surface area (Å²) in [5.74, 6) is 0. The maximum absolute atomic E-state index is 2.51. The molecule has 1 nitrogen and oxygen atoms in total. The molecule has 0 N–H and O–H groups in total. The van der Waals surface area contributed by atoms with Crippen LogP contribution < -0.4 is 0 Å². The Bertz CT molecular complexity index is 2250. The molecule has 0 saturated carbocycles. The molecule has 1 aliphatic rings. The minimum Gasteiger partial charge on any atom is -0.309 e. The van der Waals surface area contributed by atoms with E-state index in [-0.39, 0.29) is 5.41 Å². The summed E-state index contributed by atoms with van der Waals surface area (Å²) < 4.78 is 2.49. The minimum absolute atomic E-state index is 0.0561. The van der Waals surface area contributed by atoms with Gasteiger partial charge in [-0.05, 0) is 73.5 Å². The van der Waals surface area contributed by atoms with E-state index in [1.165, 1.54) is 82.1 Å². The van der Waals surface area contributed by atoms with Gasteiger partial charge in [0.15, 0.2) is 0 Å². The molecule has 1 aliphatic carbocycles. The third-order valence-corrected chi connectivity index (χ3v) is 9.07. The van der Waals surface area contributed by atoms with Crippen molar-refractivity contribution >= 4 is 54.1 Å². The third-order valence-electron chi connectivity index (χ3n) is 9.07. The van der Waals surface area contributed by atoms with Crippen LogP contribution in [-0.4, -0.2) is 4.57 Å². The van der Waals surface area contributed by atoms with Gasteiger partial charge in [-0.2, -0.15) is 0 Å². The lowest BCUT2D eigenvalue weighted by Crippen LogP contribution is -2.15. The molecule has 7 aromatic carbocycles. The Labute approximate surface area is 220 Å². The van der Waals surface area contributed by atoms with Gasteiger partial charge in [-0.25, -0.2) is 0 Å². The van der Waals surface area contributed by atoms with Crippen molar-refractivity contribution in [2.24, 2.45) is 0 Å². The zero-order valence-electron chi connectivity index (χ0n) is 21.4. The second-order valence-electron chi connectivity index (χ2n) is 11.3. The number of hydrogen-bond acceptors (Lipinski definition) is 0. The first-order valence-electron chi connectivity index (χ1n) is 13.5. The van der Waals surface area contributed by atoms with Crippen LogP contribution in [0.3, 0.4) is 0 Å². The fourth-order valence-corrected chi connectivity index (χ4v) is 7.59. The molecule has 9 rings (SSSR count). The highest BCUT2D eigenvalue weighted by Crippen LogP contribution is 2.55. The van der Waals surface area contributed by atoms with Crippen LogP contribution in [0, 0.1) is 0 Å². The molecule has 0 saturated heterocycles. The van der Waals surface area contributed by atoms with E-state index in [4.69, 9.17) is 0 Å². The summed E-state index contributed by atoms with van der Waals surface area (Å²) >= 11 is 0. The van der Waals surface area contributed by atoms with Gasteiger partial charge >= 0.3 is 0 Å². The van der Waals surface area contributed by atoms with Crippen molar-refractivity contribution in [2.45, 2.75) is 19.3 Å². The van der Waals surface area contributed by atoms with Crippen LogP contribution in [0.5, 0.6) is 0 Å². The second-order valence-corrected chi connectivity index (χ2v) is 11.3. The first-order valence-corrected chi connectivity index (χ1v) is 13.5. The molecule has 0 atom stereocenters. The van der Waals surface area contributed by atoms with Crippen LogP contribution in [0.1, 0.15) is 25.0 Å². The average molecular weight is 484 g/mol. The second kappa shape index (κ2) is 6.82. The van der Waals surface area contributed by atoms with E-state index in [0.29, 0.717) is 0 Å². The molecule has 0 radical (unpaired) electrons. The van der Waals surface area contributed by atoms with Gasteiger partial charge in [0.25, 0.3) is 0 Å². The highest BCUT2D eigenvalue weighted by molar-refractivity contribution is 6.38. The predicted molar refractivity (Wildman–Crippen MR) is 162 cm³/mol. The SMILES string of the molecule is CC1(C)c2ccccc2-c2cc3c4c(ccc5cccc(c54)c4c5ccccc5n(-c5ccccc5)c34)c21. The first-order chi connectivity index (χ1) is 18.6. The van der Waals surface area contributed by atoms with E-state index < -0.39 is 0 Å². The van der Waals surface area contributed by atoms with Crippen molar-refractivity contribution in [1.82, 2.24) is 4.57 Å². The van der Waals surface area contributed by atoms with Crippen LogP contribution in [0.2, 0.25) is 0 Å². The zero-order chi connectivity index (χ0) is 25.2. The number of nitrogens with zero attached hydrogens (tertiary/aromatic N) is 1. The van der Waals surface area contributed by atoms with Crippen LogP contribution in [-0.2, 0) is 5.41 Å². The Morgan fingerprint density at radius 1 is 0.526 bits per heavy atom. The molecule has 38 heavy (non-hydrogen) atoms. The molecule has 1 aromatic heterocycles. The van der Waals surface area contributed by atoms with E-state index in [0.717, 1.165) is 0 Å². The van der Waals surface area contributed by atoms with Gasteiger partial charge in [-0.1, -0.05) is 105 Å². The van der Waals surface area contributed by atoms with Crippen LogP contribution in [0.4, 0.5) is 0 Å². The molecule has 0 fully saturated rings. The number of hydrogen-bond donors (Lipinski definition) is 0. The smallest absolute Gasteiger partial charge is 0.0626 e. The lowest BCUT2D eigenvalue weighted by atomic mass is 9.78. The Hall–Kier alpha value is -4.62. The molecule has 1 heterocycles. The zero-order valence-corrected chi connectivity index (χ0v) is 21.4. The summed E-state index contributed by atoms with van der Waals surface area (Å²) in [4.78, 5) is 0. The fraction of sp³-hybridized carbons (Fsp3) is 0.0811. The molecular formula is C37H25N. The lowest BCUT2D eigenvalue weighted by molar-refractivity contribution is 0.666. The number of fused-ring (bicyclic) bond motifs is 9. The molecule has 0 bridgehead atoms. The summed E-state index contributed by atoms with van der Waals surface area (Å²) in [6.45, 7) is 4.79. The van der Waals surface area contributed by atoms with Crippen LogP contribution in [0.15, 0.2) is 115 Å². The Kier molecular flexibility index (Phi) is 3.67. The maximum atomic E-state index is 2.51. The van der Waals surface area contributed by atoms with Gasteiger partial charge in [-0.15, -0.1) is 0 Å². The largest absolute Gasteiger partial charge is 0.309 e. The number of para-hydroxylation sites is 2. The molecule has 0 unspecified atom stereocenters. The van der Waals surface area contributed by atoms with Crippen LogP contribution >= 0.6 is 0 Å². The Morgan fingerprint density at radius 3 is 2.18 bits per heavy atom. The van der Waals surface area contributed by atoms with E-state index in [9.17, 15) is 0 Å². The quantitative estimate of drug-likeness (QED) is 0.205. The lowest BCUT2D eigenvalue weighted by Gasteiger charge is -2.25.